The molecule has 1 fully saturated rings. The number of hydrogen-bond donors (Lipinski definition) is 4. The fourth-order valence-electron chi connectivity index (χ4n) is 0.934. The van der Waals surface area contributed by atoms with Crippen molar-refractivity contribution < 1.29 is 0 Å². The van der Waals surface area contributed by atoms with Gasteiger partial charge in [-0.1, -0.05) is 23.5 Å². The summed E-state index contributed by atoms with van der Waals surface area (Å²) in [7, 11) is 5.90. The summed E-state index contributed by atoms with van der Waals surface area (Å²) in [5, 5.41) is 13.0. The Kier molecular flexibility index (Phi) is 4.70. The van der Waals surface area contributed by atoms with Crippen LogP contribution in [0.1, 0.15) is 0 Å². The van der Waals surface area contributed by atoms with E-state index in [4.69, 9.17) is 0 Å². The zero-order chi connectivity index (χ0) is 8.97. The Balaban J connectivity index is 2.41. The van der Waals surface area contributed by atoms with Gasteiger partial charge in [-0.2, -0.15) is 0 Å². The van der Waals surface area contributed by atoms with Gasteiger partial charge < -0.3 is 0 Å². The van der Waals surface area contributed by atoms with Gasteiger partial charge in [0, 0.05) is 0 Å². The number of hydrogen-bond acceptors (Lipinski definition) is 6. The lowest BCUT2D eigenvalue weighted by molar-refractivity contribution is 0.519. The smallest absolute Gasteiger partial charge is 0.109 e. The first-order chi connectivity index (χ1) is 5.80. The number of rotatable bonds is 3. The van der Waals surface area contributed by atoms with Crippen molar-refractivity contribution in [3.8, 4) is 0 Å². The van der Waals surface area contributed by atoms with E-state index in [0.29, 0.717) is 15.7 Å². The summed E-state index contributed by atoms with van der Waals surface area (Å²) in [6, 6.07) is 0. The van der Waals surface area contributed by atoms with E-state index in [1.165, 1.54) is 0 Å². The van der Waals surface area contributed by atoms with Gasteiger partial charge in [-0.25, -0.2) is 0 Å². The molecule has 4 N–H and O–H groups in total. The maximum absolute atomic E-state index is 3.38. The van der Waals surface area contributed by atoms with E-state index >= 15 is 0 Å². The third-order valence-corrected chi connectivity index (χ3v) is 4.50. The van der Waals surface area contributed by atoms with Crippen LogP contribution in [-0.4, -0.2) is 36.8 Å². The van der Waals surface area contributed by atoms with Crippen LogP contribution in [0, 0.1) is 0 Å². The molecule has 1 rings (SSSR count). The Bertz CT molecular complexity index is 105. The van der Waals surface area contributed by atoms with E-state index in [-0.39, 0.29) is 0 Å². The van der Waals surface area contributed by atoms with Crippen LogP contribution in [0.3, 0.4) is 0 Å². The molecule has 0 spiro atoms. The van der Waals surface area contributed by atoms with Crippen molar-refractivity contribution in [2.45, 2.75) is 15.7 Å². The Hall–Kier alpha value is 0.540. The molecule has 1 aliphatic rings. The second-order valence-corrected chi connectivity index (χ2v) is 5.13. The van der Waals surface area contributed by atoms with Crippen LogP contribution in [0.25, 0.3) is 0 Å². The molecule has 2 unspecified atom stereocenters. The van der Waals surface area contributed by atoms with E-state index in [0.717, 1.165) is 0 Å². The first-order valence-electron chi connectivity index (χ1n) is 3.89. The zero-order valence-electron chi connectivity index (χ0n) is 7.55. The summed E-state index contributed by atoms with van der Waals surface area (Å²) in [6.07, 6.45) is 0. The van der Waals surface area contributed by atoms with Gasteiger partial charge in [0.2, 0.25) is 0 Å². The first-order valence-corrected chi connectivity index (χ1v) is 5.77. The number of thioether (sulfide) groups is 2. The molecule has 0 aliphatic carbocycles. The SMILES string of the molecule is CNC1NC(NC)SC(NC)S1. The lowest BCUT2D eigenvalue weighted by atomic mass is 10.9. The van der Waals surface area contributed by atoms with Crippen molar-refractivity contribution in [3.63, 3.8) is 0 Å². The van der Waals surface area contributed by atoms with Crippen molar-refractivity contribution in [1.82, 2.24) is 21.3 Å². The predicted molar refractivity (Wildman–Crippen MR) is 56.9 cm³/mol. The molecule has 0 aromatic carbocycles. The van der Waals surface area contributed by atoms with E-state index < -0.39 is 0 Å². The molecule has 0 radical (unpaired) electrons. The molecule has 1 heterocycles. The van der Waals surface area contributed by atoms with Gasteiger partial charge in [-0.15, -0.1) is 0 Å². The van der Waals surface area contributed by atoms with E-state index in [2.05, 4.69) is 21.3 Å². The molecule has 4 nitrogen and oxygen atoms in total. The molecule has 72 valence electrons. The van der Waals surface area contributed by atoms with Crippen LogP contribution in [-0.2, 0) is 0 Å². The van der Waals surface area contributed by atoms with Gasteiger partial charge in [-0.3, -0.25) is 21.3 Å². The summed E-state index contributed by atoms with van der Waals surface area (Å²) < 4.78 is 0.446. The molecule has 0 saturated carbocycles. The second-order valence-electron chi connectivity index (χ2n) is 2.40. The highest BCUT2D eigenvalue weighted by molar-refractivity contribution is 8.18. The summed E-state index contributed by atoms with van der Waals surface area (Å²) >= 11 is 3.68. The topological polar surface area (TPSA) is 48.1 Å². The van der Waals surface area contributed by atoms with E-state index in [1.54, 1.807) is 0 Å². The van der Waals surface area contributed by atoms with Crippen LogP contribution < -0.4 is 21.3 Å². The quantitative estimate of drug-likeness (QED) is 0.505. The van der Waals surface area contributed by atoms with Crippen molar-refractivity contribution in [3.05, 3.63) is 0 Å². The van der Waals surface area contributed by atoms with Crippen molar-refractivity contribution in [1.29, 1.82) is 0 Å². The molecule has 1 saturated heterocycles. The minimum Gasteiger partial charge on any atom is -0.300 e. The van der Waals surface area contributed by atoms with E-state index in [9.17, 15) is 0 Å². The molecule has 0 aromatic rings. The van der Waals surface area contributed by atoms with Crippen molar-refractivity contribution >= 4 is 23.5 Å². The molecule has 0 amide bonds. The highest BCUT2D eigenvalue weighted by atomic mass is 32.2. The van der Waals surface area contributed by atoms with Gasteiger partial charge in [-0.05, 0) is 21.1 Å². The Morgan fingerprint density at radius 3 is 1.75 bits per heavy atom. The van der Waals surface area contributed by atoms with Crippen LogP contribution in [0.15, 0.2) is 0 Å². The zero-order valence-corrected chi connectivity index (χ0v) is 9.18. The molecule has 6 heteroatoms. The third kappa shape index (κ3) is 2.79. The largest absolute Gasteiger partial charge is 0.300 e. The van der Waals surface area contributed by atoms with Gasteiger partial charge in [0.25, 0.3) is 0 Å². The normalized spacial score (nSPS) is 36.8. The highest BCUT2D eigenvalue weighted by Crippen LogP contribution is 2.29. The Morgan fingerprint density at radius 1 is 0.917 bits per heavy atom. The minimum atomic E-state index is 0.321. The van der Waals surface area contributed by atoms with Crippen molar-refractivity contribution in [2.24, 2.45) is 0 Å². The van der Waals surface area contributed by atoms with Crippen LogP contribution in [0.4, 0.5) is 0 Å². The molecular weight excluding hydrogens is 192 g/mol. The molecular formula is C6H16N4S2. The average Bonchev–Trinajstić information content (AvgIpc) is 2.16. The highest BCUT2D eigenvalue weighted by Gasteiger charge is 2.26. The monoisotopic (exact) mass is 208 g/mol. The van der Waals surface area contributed by atoms with Gasteiger partial charge in [0.15, 0.2) is 0 Å². The Labute approximate surface area is 82.0 Å². The lowest BCUT2D eigenvalue weighted by Crippen LogP contribution is -2.53. The van der Waals surface area contributed by atoms with Gasteiger partial charge in [0.1, 0.15) is 15.7 Å². The fourth-order valence-corrected chi connectivity index (χ4v) is 3.41. The van der Waals surface area contributed by atoms with Crippen LogP contribution >= 0.6 is 23.5 Å². The molecule has 12 heavy (non-hydrogen) atoms. The minimum absolute atomic E-state index is 0.321. The maximum atomic E-state index is 3.38. The Morgan fingerprint density at radius 2 is 1.42 bits per heavy atom. The fraction of sp³-hybridized carbons (Fsp3) is 1.00. The summed E-state index contributed by atoms with van der Waals surface area (Å²) in [4.78, 5) is 0. The molecule has 1 aliphatic heterocycles. The number of nitrogens with one attached hydrogen (secondary N) is 4. The first kappa shape index (κ1) is 10.6. The van der Waals surface area contributed by atoms with E-state index in [1.807, 2.05) is 44.7 Å². The summed E-state index contributed by atoms with van der Waals surface area (Å²) in [5.41, 5.74) is 0.641. The average molecular weight is 208 g/mol. The standard InChI is InChI=1S/C6H16N4S2/c1-7-4-10-5(8-2)12-6(9-3)11-4/h4-10H,1-3H3. The second kappa shape index (κ2) is 5.31. The van der Waals surface area contributed by atoms with Crippen LogP contribution in [0.2, 0.25) is 0 Å². The third-order valence-electron chi connectivity index (χ3n) is 1.58. The van der Waals surface area contributed by atoms with Gasteiger partial charge >= 0.3 is 0 Å². The molecule has 0 aromatic heterocycles. The maximum Gasteiger partial charge on any atom is 0.109 e. The lowest BCUT2D eigenvalue weighted by Gasteiger charge is -2.34. The van der Waals surface area contributed by atoms with Crippen LogP contribution in [0.5, 0.6) is 0 Å². The summed E-state index contributed by atoms with van der Waals surface area (Å²) in [6.45, 7) is 0. The molecule has 0 bridgehead atoms. The predicted octanol–water partition coefficient (Wildman–Crippen LogP) is -0.435. The van der Waals surface area contributed by atoms with Crippen molar-refractivity contribution in [2.75, 3.05) is 21.1 Å². The van der Waals surface area contributed by atoms with Gasteiger partial charge in [0.05, 0.1) is 0 Å². The molecule has 2 atom stereocenters. The summed E-state index contributed by atoms with van der Waals surface area (Å²) in [5.74, 6) is 0.